The van der Waals surface area contributed by atoms with Crippen LogP contribution in [-0.4, -0.2) is 28.6 Å². The zero-order chi connectivity index (χ0) is 31.9. The maximum atomic E-state index is 13.4. The van der Waals surface area contributed by atoms with Crippen molar-refractivity contribution >= 4 is 11.9 Å². The Morgan fingerprint density at radius 2 is 1.52 bits per heavy atom. The quantitative estimate of drug-likeness (QED) is 0.171. The van der Waals surface area contributed by atoms with E-state index in [9.17, 15) is 27.9 Å². The molecule has 1 atom stereocenters. The molecule has 4 aromatic rings. The fraction of sp³-hybridized carbons (Fsp3) is 0.257. The molecule has 0 radical (unpaired) electrons. The Morgan fingerprint density at radius 3 is 2.16 bits per heavy atom. The minimum absolute atomic E-state index is 0.337. The number of carboxylic acid groups (broad SMARTS) is 1. The first-order valence-electron chi connectivity index (χ1n) is 14.1. The Kier molecular flexibility index (Phi) is 9.98. The molecule has 44 heavy (non-hydrogen) atoms. The largest absolute Gasteiger partial charge is 0.478 e. The lowest BCUT2D eigenvalue weighted by Crippen LogP contribution is -2.38. The third kappa shape index (κ3) is 8.86. The van der Waals surface area contributed by atoms with Crippen LogP contribution in [-0.2, 0) is 23.8 Å². The zero-order valence-corrected chi connectivity index (χ0v) is 24.7. The Morgan fingerprint density at radius 1 is 0.841 bits per heavy atom. The van der Waals surface area contributed by atoms with Crippen LogP contribution >= 0.6 is 0 Å². The van der Waals surface area contributed by atoms with Crippen molar-refractivity contribution in [3.05, 3.63) is 125 Å². The lowest BCUT2D eigenvalue weighted by molar-refractivity contribution is -0.152. The van der Waals surface area contributed by atoms with Gasteiger partial charge in [-0.15, -0.1) is 0 Å². The Hall–Kier alpha value is -4.79. The van der Waals surface area contributed by atoms with Gasteiger partial charge in [0.25, 0.3) is 5.91 Å². The van der Waals surface area contributed by atoms with E-state index in [1.54, 1.807) is 49.4 Å². The van der Waals surface area contributed by atoms with Gasteiger partial charge in [-0.3, -0.25) is 4.79 Å². The van der Waals surface area contributed by atoms with Gasteiger partial charge in [-0.05, 0) is 105 Å². The Bertz CT molecular complexity index is 1580. The average Bonchev–Trinajstić information content (AvgIpc) is 2.97. The molecule has 0 aromatic heterocycles. The molecular weight excluding hydrogens is 571 g/mol. The summed E-state index contributed by atoms with van der Waals surface area (Å²) >= 11 is 0. The third-order valence-electron chi connectivity index (χ3n) is 7.08. The molecule has 0 spiro atoms. The molecule has 0 aliphatic rings. The smallest absolute Gasteiger partial charge is 0.416 e. The summed E-state index contributed by atoms with van der Waals surface area (Å²) < 4.78 is 50.8. The topological polar surface area (TPSA) is 84.9 Å². The average molecular weight is 606 g/mol. The molecule has 0 saturated carbocycles. The van der Waals surface area contributed by atoms with Crippen LogP contribution in [0.4, 0.5) is 13.2 Å². The molecule has 0 saturated heterocycles. The second-order valence-corrected chi connectivity index (χ2v) is 11.1. The van der Waals surface area contributed by atoms with Crippen LogP contribution in [0, 0.1) is 6.92 Å². The number of carbonyl (C=O) groups excluding carboxylic acids is 1. The van der Waals surface area contributed by atoms with Crippen molar-refractivity contribution < 1.29 is 37.3 Å². The van der Waals surface area contributed by atoms with E-state index in [0.717, 1.165) is 17.7 Å². The lowest BCUT2D eigenvalue weighted by atomic mass is 9.98. The van der Waals surface area contributed by atoms with Gasteiger partial charge in [0.1, 0.15) is 17.2 Å². The number of halogens is 3. The van der Waals surface area contributed by atoms with Crippen molar-refractivity contribution in [2.24, 2.45) is 0 Å². The molecule has 1 amide bonds. The summed E-state index contributed by atoms with van der Waals surface area (Å²) in [6, 6.07) is 26.1. The van der Waals surface area contributed by atoms with Gasteiger partial charge in [0.05, 0.1) is 5.56 Å². The normalized spacial score (nSPS) is 12.3. The van der Waals surface area contributed by atoms with Crippen LogP contribution in [0.15, 0.2) is 97.1 Å². The molecule has 0 bridgehead atoms. The predicted molar refractivity (Wildman–Crippen MR) is 161 cm³/mol. The van der Waals surface area contributed by atoms with Crippen LogP contribution < -0.4 is 14.8 Å². The fourth-order valence-electron chi connectivity index (χ4n) is 4.55. The summed E-state index contributed by atoms with van der Waals surface area (Å²) in [5.41, 5.74) is 0.690. The number of aliphatic carboxylic acids is 1. The number of carbonyl (C=O) groups is 2. The highest BCUT2D eigenvalue weighted by atomic mass is 19.4. The van der Waals surface area contributed by atoms with E-state index in [1.807, 2.05) is 30.3 Å². The molecule has 6 nitrogen and oxygen atoms in total. The summed E-state index contributed by atoms with van der Waals surface area (Å²) in [6.07, 6.45) is -2.80. The first kappa shape index (κ1) is 32.1. The van der Waals surface area contributed by atoms with Crippen molar-refractivity contribution in [1.82, 2.24) is 5.32 Å². The van der Waals surface area contributed by atoms with Crippen molar-refractivity contribution in [3.8, 4) is 17.2 Å². The van der Waals surface area contributed by atoms with Gasteiger partial charge in [-0.1, -0.05) is 48.5 Å². The first-order chi connectivity index (χ1) is 20.8. The highest BCUT2D eigenvalue weighted by Crippen LogP contribution is 2.31. The van der Waals surface area contributed by atoms with Crippen molar-refractivity contribution in [3.63, 3.8) is 0 Å². The summed E-state index contributed by atoms with van der Waals surface area (Å²) in [6.45, 7) is 4.70. The van der Waals surface area contributed by atoms with Gasteiger partial charge in [-0.2, -0.15) is 13.2 Å². The van der Waals surface area contributed by atoms with Gasteiger partial charge in [0.2, 0.25) is 0 Å². The zero-order valence-electron chi connectivity index (χ0n) is 24.7. The number of carboxylic acids is 1. The van der Waals surface area contributed by atoms with E-state index in [4.69, 9.17) is 9.47 Å². The summed E-state index contributed by atoms with van der Waals surface area (Å²) in [5.74, 6) is -0.124. The van der Waals surface area contributed by atoms with Gasteiger partial charge in [0.15, 0.2) is 5.60 Å². The van der Waals surface area contributed by atoms with Crippen LogP contribution in [0.1, 0.15) is 52.9 Å². The number of benzene rings is 4. The van der Waals surface area contributed by atoms with Crippen LogP contribution in [0.25, 0.3) is 0 Å². The first-order valence-corrected chi connectivity index (χ1v) is 14.1. The Labute approximate surface area is 254 Å². The molecule has 9 heteroatoms. The third-order valence-corrected chi connectivity index (χ3v) is 7.08. The van der Waals surface area contributed by atoms with Crippen molar-refractivity contribution in [1.29, 1.82) is 0 Å². The number of rotatable bonds is 12. The molecule has 4 aromatic carbocycles. The van der Waals surface area contributed by atoms with Gasteiger partial charge in [0, 0.05) is 11.6 Å². The molecule has 0 fully saturated rings. The second kappa shape index (κ2) is 13.7. The molecule has 230 valence electrons. The summed E-state index contributed by atoms with van der Waals surface area (Å²) in [7, 11) is 0. The van der Waals surface area contributed by atoms with Crippen LogP contribution in [0.5, 0.6) is 17.2 Å². The van der Waals surface area contributed by atoms with Crippen molar-refractivity contribution in [2.75, 3.05) is 0 Å². The van der Waals surface area contributed by atoms with E-state index in [-0.39, 0.29) is 11.9 Å². The SMILES string of the molecule is Cc1cc(Oc2cccc(C(=O)NC(CCc3ccccc3)Cc3ccc(C(F)(F)F)cc3)c2)ccc1OC(C)(C)C(=O)O. The molecular formula is C35H34F3NO5. The van der Waals surface area contributed by atoms with E-state index in [1.165, 1.54) is 26.0 Å². The number of hydrogen-bond acceptors (Lipinski definition) is 4. The highest BCUT2D eigenvalue weighted by molar-refractivity contribution is 5.94. The lowest BCUT2D eigenvalue weighted by Gasteiger charge is -2.23. The molecule has 4 rings (SSSR count). The minimum Gasteiger partial charge on any atom is -0.478 e. The van der Waals surface area contributed by atoms with Crippen LogP contribution in [0.2, 0.25) is 0 Å². The standard InChI is InChI=1S/C35H34F3NO5/c1-23-20-30(18-19-31(23)44-34(2,3)33(41)42)43-29-11-7-10-26(22-29)32(40)39-28(17-14-24-8-5-4-6-9-24)21-25-12-15-27(16-13-25)35(36,37)38/h4-13,15-16,18-20,22,28H,14,17,21H2,1-3H3,(H,39,40)(H,41,42). The summed E-state index contributed by atoms with van der Waals surface area (Å²) in [5, 5.41) is 12.4. The minimum atomic E-state index is -4.42. The number of amides is 1. The van der Waals surface area contributed by atoms with Gasteiger partial charge < -0.3 is 19.9 Å². The number of nitrogens with one attached hydrogen (secondary N) is 1. The predicted octanol–water partition coefficient (Wildman–Crippen LogP) is 8.02. The summed E-state index contributed by atoms with van der Waals surface area (Å²) in [4.78, 5) is 24.8. The molecule has 2 N–H and O–H groups in total. The maximum Gasteiger partial charge on any atom is 0.416 e. The monoisotopic (exact) mass is 605 g/mol. The number of hydrogen-bond donors (Lipinski definition) is 2. The van der Waals surface area contributed by atoms with E-state index in [0.29, 0.717) is 53.2 Å². The van der Waals surface area contributed by atoms with E-state index in [2.05, 4.69) is 5.32 Å². The fourth-order valence-corrected chi connectivity index (χ4v) is 4.55. The van der Waals surface area contributed by atoms with E-state index >= 15 is 0 Å². The van der Waals surface area contributed by atoms with Crippen molar-refractivity contribution in [2.45, 2.75) is 57.9 Å². The molecule has 0 aliphatic heterocycles. The van der Waals surface area contributed by atoms with E-state index < -0.39 is 23.3 Å². The Balaban J connectivity index is 1.47. The number of aryl methyl sites for hydroxylation is 2. The highest BCUT2D eigenvalue weighted by Gasteiger charge is 2.31. The van der Waals surface area contributed by atoms with Gasteiger partial charge >= 0.3 is 12.1 Å². The number of alkyl halides is 3. The van der Waals surface area contributed by atoms with Crippen LogP contribution in [0.3, 0.4) is 0 Å². The molecule has 1 unspecified atom stereocenters. The molecule has 0 aliphatic carbocycles. The maximum absolute atomic E-state index is 13.4. The van der Waals surface area contributed by atoms with Gasteiger partial charge in [-0.25, -0.2) is 4.79 Å². The molecule has 0 heterocycles. The number of ether oxygens (including phenoxy) is 2. The second-order valence-electron chi connectivity index (χ2n) is 11.1.